The van der Waals surface area contributed by atoms with Crippen LogP contribution in [-0.4, -0.2) is 22.8 Å². The van der Waals surface area contributed by atoms with Gasteiger partial charge in [0.25, 0.3) is 0 Å². The molecule has 110 valence electrons. The van der Waals surface area contributed by atoms with Gasteiger partial charge >= 0.3 is 0 Å². The lowest BCUT2D eigenvalue weighted by atomic mass is 10.3. The Bertz CT molecular complexity index is 897. The summed E-state index contributed by atoms with van der Waals surface area (Å²) in [6, 6.07) is 3.96. The summed E-state index contributed by atoms with van der Waals surface area (Å²) in [5.74, 6) is 0. The fourth-order valence-electron chi connectivity index (χ4n) is 1.93. The molecule has 0 aromatic carbocycles. The predicted octanol–water partition coefficient (Wildman–Crippen LogP) is 1.36. The van der Waals surface area contributed by atoms with Crippen LogP contribution in [0, 0.1) is 6.92 Å². The lowest BCUT2D eigenvalue weighted by Gasteiger charge is -1.97. The van der Waals surface area contributed by atoms with Crippen LogP contribution in [0.5, 0.6) is 0 Å². The summed E-state index contributed by atoms with van der Waals surface area (Å²) in [6.45, 7) is 2.46. The highest BCUT2D eigenvalue weighted by atomic mass is 32.2. The number of thiazole rings is 1. The quantitative estimate of drug-likeness (QED) is 0.754. The van der Waals surface area contributed by atoms with Gasteiger partial charge in [0.1, 0.15) is 5.65 Å². The van der Waals surface area contributed by atoms with Crippen LogP contribution >= 0.6 is 11.3 Å². The number of nitrogens with one attached hydrogen (secondary N) is 1. The fourth-order valence-corrected chi connectivity index (χ4v) is 3.38. The third-order valence-corrected chi connectivity index (χ3v) is 5.28. The van der Waals surface area contributed by atoms with E-state index in [1.807, 2.05) is 35.9 Å². The van der Waals surface area contributed by atoms with Crippen molar-refractivity contribution in [1.29, 1.82) is 0 Å². The van der Waals surface area contributed by atoms with Gasteiger partial charge < -0.3 is 9.72 Å². The van der Waals surface area contributed by atoms with Gasteiger partial charge in [0.05, 0.1) is 18.4 Å². The van der Waals surface area contributed by atoms with Gasteiger partial charge in [0.15, 0.2) is 9.34 Å². The Morgan fingerprint density at radius 1 is 1.48 bits per heavy atom. The van der Waals surface area contributed by atoms with Crippen molar-refractivity contribution in [2.75, 3.05) is 5.32 Å². The summed E-state index contributed by atoms with van der Waals surface area (Å²) >= 11 is 0.999. The van der Waals surface area contributed by atoms with Gasteiger partial charge in [-0.2, -0.15) is 0 Å². The summed E-state index contributed by atoms with van der Waals surface area (Å²) in [4.78, 5) is 8.50. The molecule has 0 aliphatic heterocycles. The Morgan fingerprint density at radius 2 is 2.29 bits per heavy atom. The van der Waals surface area contributed by atoms with Gasteiger partial charge in [0.2, 0.25) is 10.0 Å². The highest BCUT2D eigenvalue weighted by molar-refractivity contribution is 7.91. The molecule has 0 bridgehead atoms. The van der Waals surface area contributed by atoms with E-state index < -0.39 is 10.0 Å². The first-order valence-corrected chi connectivity index (χ1v) is 8.45. The van der Waals surface area contributed by atoms with E-state index in [1.54, 1.807) is 0 Å². The number of anilines is 1. The minimum atomic E-state index is -3.69. The summed E-state index contributed by atoms with van der Waals surface area (Å²) < 4.78 is 24.3. The molecular weight excluding hydrogens is 310 g/mol. The van der Waals surface area contributed by atoms with Crippen LogP contribution in [0.25, 0.3) is 5.65 Å². The van der Waals surface area contributed by atoms with Crippen molar-refractivity contribution in [2.24, 2.45) is 5.14 Å². The molecule has 3 heterocycles. The van der Waals surface area contributed by atoms with Crippen molar-refractivity contribution >= 4 is 32.1 Å². The number of hydrogen-bond acceptors (Lipinski definition) is 6. The summed E-state index contributed by atoms with van der Waals surface area (Å²) in [5, 5.41) is 8.58. The minimum absolute atomic E-state index is 0.0378. The Morgan fingerprint density at radius 3 is 2.95 bits per heavy atom. The number of pyridine rings is 1. The maximum Gasteiger partial charge on any atom is 0.249 e. The Balaban J connectivity index is 1.77. The molecule has 0 aliphatic carbocycles. The van der Waals surface area contributed by atoms with Gasteiger partial charge in [-0.15, -0.1) is 0 Å². The number of aromatic nitrogens is 3. The van der Waals surface area contributed by atoms with E-state index in [4.69, 9.17) is 5.14 Å². The van der Waals surface area contributed by atoms with E-state index in [-0.39, 0.29) is 4.21 Å². The number of primary sulfonamides is 1. The third kappa shape index (κ3) is 2.89. The maximum atomic E-state index is 11.2. The van der Waals surface area contributed by atoms with Crippen LogP contribution in [0.15, 0.2) is 34.9 Å². The second-order valence-electron chi connectivity index (χ2n) is 4.54. The molecule has 21 heavy (non-hydrogen) atoms. The molecule has 7 nitrogen and oxygen atoms in total. The molecule has 0 atom stereocenters. The zero-order chi connectivity index (χ0) is 15.0. The fraction of sp³-hybridized carbons (Fsp3) is 0.167. The van der Waals surface area contributed by atoms with Crippen molar-refractivity contribution in [3.8, 4) is 0 Å². The number of fused-ring (bicyclic) bond motifs is 1. The van der Waals surface area contributed by atoms with E-state index in [1.165, 1.54) is 6.20 Å². The summed E-state index contributed by atoms with van der Waals surface area (Å²) in [6.07, 6.45) is 5.10. The molecule has 9 heteroatoms. The molecule has 0 fully saturated rings. The number of hydrogen-bond donors (Lipinski definition) is 2. The van der Waals surface area contributed by atoms with Crippen LogP contribution in [0.2, 0.25) is 0 Å². The number of aryl methyl sites for hydroxylation is 1. The second-order valence-corrected chi connectivity index (χ2v) is 7.36. The van der Waals surface area contributed by atoms with E-state index in [2.05, 4.69) is 15.3 Å². The van der Waals surface area contributed by atoms with Gasteiger partial charge in [-0.1, -0.05) is 17.4 Å². The highest BCUT2D eigenvalue weighted by Gasteiger charge is 2.12. The normalized spacial score (nSPS) is 11.9. The maximum absolute atomic E-state index is 11.2. The summed E-state index contributed by atoms with van der Waals surface area (Å²) in [5.41, 5.74) is 2.84. The third-order valence-electron chi connectivity index (χ3n) is 2.91. The number of nitrogens with zero attached hydrogens (tertiary/aromatic N) is 3. The molecule has 3 N–H and O–H groups in total. The van der Waals surface area contributed by atoms with Crippen molar-refractivity contribution in [3.63, 3.8) is 0 Å². The minimum Gasteiger partial charge on any atom is -0.356 e. The molecule has 3 rings (SSSR count). The average molecular weight is 323 g/mol. The molecular formula is C12H13N5O2S2. The molecule has 3 aromatic rings. The second kappa shape index (κ2) is 5.10. The van der Waals surface area contributed by atoms with Crippen molar-refractivity contribution in [2.45, 2.75) is 17.7 Å². The first-order chi connectivity index (χ1) is 9.93. The lowest BCUT2D eigenvalue weighted by Crippen LogP contribution is -2.09. The molecule has 0 unspecified atom stereocenters. The topological polar surface area (TPSA) is 102 Å². The first-order valence-electron chi connectivity index (χ1n) is 6.09. The van der Waals surface area contributed by atoms with Crippen molar-refractivity contribution in [3.05, 3.63) is 42.0 Å². The number of imidazole rings is 1. The van der Waals surface area contributed by atoms with Gasteiger partial charge in [0, 0.05) is 12.4 Å². The van der Waals surface area contributed by atoms with Crippen LogP contribution in [-0.2, 0) is 16.6 Å². The number of rotatable bonds is 4. The average Bonchev–Trinajstić information content (AvgIpc) is 3.02. The largest absolute Gasteiger partial charge is 0.356 e. The van der Waals surface area contributed by atoms with Gasteiger partial charge in [-0.25, -0.2) is 23.5 Å². The zero-order valence-electron chi connectivity index (χ0n) is 11.1. The molecule has 0 saturated carbocycles. The SMILES string of the molecule is Cc1cccn2cc(CNc3ncc(S(N)(=O)=O)s3)nc12. The molecule has 0 aliphatic rings. The lowest BCUT2D eigenvalue weighted by molar-refractivity contribution is 0.599. The van der Waals surface area contributed by atoms with E-state index in [0.717, 1.165) is 28.2 Å². The van der Waals surface area contributed by atoms with Crippen LogP contribution < -0.4 is 10.5 Å². The van der Waals surface area contributed by atoms with Crippen LogP contribution in [0.4, 0.5) is 5.13 Å². The van der Waals surface area contributed by atoms with E-state index in [0.29, 0.717) is 11.7 Å². The molecule has 0 amide bonds. The number of sulfonamides is 1. The first kappa shape index (κ1) is 14.0. The van der Waals surface area contributed by atoms with Crippen molar-refractivity contribution < 1.29 is 8.42 Å². The molecule has 0 spiro atoms. The Labute approximate surface area is 125 Å². The summed E-state index contributed by atoms with van der Waals surface area (Å²) in [7, 11) is -3.69. The smallest absolute Gasteiger partial charge is 0.249 e. The zero-order valence-corrected chi connectivity index (χ0v) is 12.8. The highest BCUT2D eigenvalue weighted by Crippen LogP contribution is 2.22. The Kier molecular flexibility index (Phi) is 3.40. The Hall–Kier alpha value is -1.97. The standard InChI is InChI=1S/C12H13N5O2S2/c1-8-3-2-4-17-7-9(16-11(8)17)5-14-12-15-6-10(20-12)21(13,18)19/h2-4,6-7H,5H2,1H3,(H,14,15)(H2,13,18,19). The van der Waals surface area contributed by atoms with Gasteiger partial charge in [-0.3, -0.25) is 0 Å². The van der Waals surface area contributed by atoms with E-state index >= 15 is 0 Å². The molecule has 3 aromatic heterocycles. The number of nitrogens with two attached hydrogens (primary N) is 1. The van der Waals surface area contributed by atoms with E-state index in [9.17, 15) is 8.42 Å². The van der Waals surface area contributed by atoms with Gasteiger partial charge in [-0.05, 0) is 18.6 Å². The van der Waals surface area contributed by atoms with Crippen molar-refractivity contribution in [1.82, 2.24) is 14.4 Å². The van der Waals surface area contributed by atoms with Crippen LogP contribution in [0.3, 0.4) is 0 Å². The monoisotopic (exact) mass is 323 g/mol. The predicted molar refractivity (Wildman–Crippen MR) is 80.7 cm³/mol. The van der Waals surface area contributed by atoms with Crippen LogP contribution in [0.1, 0.15) is 11.3 Å². The molecule has 0 saturated heterocycles. The molecule has 0 radical (unpaired) electrons.